The van der Waals surface area contributed by atoms with E-state index in [1.165, 1.54) is 0 Å². The van der Waals surface area contributed by atoms with Crippen molar-refractivity contribution in [1.82, 2.24) is 25.1 Å². The van der Waals surface area contributed by atoms with Crippen LogP contribution in [0.3, 0.4) is 0 Å². The van der Waals surface area contributed by atoms with Crippen molar-refractivity contribution >= 4 is 10.0 Å². The molecule has 20 heavy (non-hydrogen) atoms. The average molecular weight is 301 g/mol. The second-order valence-corrected chi connectivity index (χ2v) is 7.28. The first-order valence-corrected chi connectivity index (χ1v) is 8.33. The maximum Gasteiger partial charge on any atom is 0.258 e. The average Bonchev–Trinajstić information content (AvgIpc) is 2.95. The van der Waals surface area contributed by atoms with Crippen LogP contribution in [0.4, 0.5) is 0 Å². The molecule has 1 aliphatic rings. The minimum absolute atomic E-state index is 0.0285. The maximum absolute atomic E-state index is 12.4. The Morgan fingerprint density at radius 2 is 2.30 bits per heavy atom. The van der Waals surface area contributed by atoms with Crippen molar-refractivity contribution in [3.8, 4) is 0 Å². The standard InChI is InChI=1S/C12H23N5O2S/c1-9(2)13-6-10-7-14-15-12(10)20(18,19)16-11-4-5-17(3)8-11/h7,9,11,13,16H,4-6,8H2,1-3H3,(H,14,15). The summed E-state index contributed by atoms with van der Waals surface area (Å²) in [6.45, 7) is 6.17. The summed E-state index contributed by atoms with van der Waals surface area (Å²) < 4.78 is 27.5. The topological polar surface area (TPSA) is 90.1 Å². The van der Waals surface area contributed by atoms with Crippen LogP contribution in [0.1, 0.15) is 25.8 Å². The lowest BCUT2D eigenvalue weighted by atomic mass is 10.3. The van der Waals surface area contributed by atoms with E-state index in [1.54, 1.807) is 6.20 Å². The van der Waals surface area contributed by atoms with E-state index in [9.17, 15) is 8.42 Å². The summed E-state index contributed by atoms with van der Waals surface area (Å²) >= 11 is 0. The van der Waals surface area contributed by atoms with Gasteiger partial charge in [0.15, 0.2) is 5.03 Å². The van der Waals surface area contributed by atoms with Gasteiger partial charge in [0.1, 0.15) is 0 Å². The van der Waals surface area contributed by atoms with E-state index in [0.717, 1.165) is 19.5 Å². The van der Waals surface area contributed by atoms with Crippen LogP contribution >= 0.6 is 0 Å². The lowest BCUT2D eigenvalue weighted by molar-refractivity contribution is 0.407. The Morgan fingerprint density at radius 1 is 1.55 bits per heavy atom. The fourth-order valence-corrected chi connectivity index (χ4v) is 3.67. The third kappa shape index (κ3) is 3.78. The Bertz CT molecular complexity index is 540. The van der Waals surface area contributed by atoms with Gasteiger partial charge in [-0.3, -0.25) is 5.10 Å². The number of nitrogens with zero attached hydrogens (tertiary/aromatic N) is 2. The molecule has 114 valence electrons. The number of hydrogen-bond donors (Lipinski definition) is 3. The van der Waals surface area contributed by atoms with Gasteiger partial charge in [0.2, 0.25) is 0 Å². The SMILES string of the molecule is CC(C)NCc1cn[nH]c1S(=O)(=O)NC1CCN(C)C1. The number of rotatable bonds is 6. The molecule has 8 heteroatoms. The Kier molecular flexibility index (Phi) is 4.79. The monoisotopic (exact) mass is 301 g/mol. The van der Waals surface area contributed by atoms with Crippen molar-refractivity contribution in [1.29, 1.82) is 0 Å². The Hall–Kier alpha value is -0.960. The summed E-state index contributed by atoms with van der Waals surface area (Å²) in [6, 6.07) is 0.260. The van der Waals surface area contributed by atoms with Crippen molar-refractivity contribution in [2.24, 2.45) is 0 Å². The second kappa shape index (κ2) is 6.21. The summed E-state index contributed by atoms with van der Waals surface area (Å²) in [5.74, 6) is 0. The number of nitrogens with one attached hydrogen (secondary N) is 3. The molecule has 1 saturated heterocycles. The number of hydrogen-bond acceptors (Lipinski definition) is 5. The molecular weight excluding hydrogens is 278 g/mol. The first-order valence-electron chi connectivity index (χ1n) is 6.85. The second-order valence-electron chi connectivity index (χ2n) is 5.63. The predicted octanol–water partition coefficient (Wildman–Crippen LogP) is -0.110. The zero-order valence-electron chi connectivity index (χ0n) is 12.2. The van der Waals surface area contributed by atoms with Gasteiger partial charge < -0.3 is 10.2 Å². The number of aromatic nitrogens is 2. The highest BCUT2D eigenvalue weighted by molar-refractivity contribution is 7.89. The molecule has 2 heterocycles. The third-order valence-corrected chi connectivity index (χ3v) is 4.90. The molecule has 0 aromatic carbocycles. The molecule has 1 unspecified atom stereocenters. The lowest BCUT2D eigenvalue weighted by Gasteiger charge is -2.14. The molecule has 0 saturated carbocycles. The molecule has 1 atom stereocenters. The van der Waals surface area contributed by atoms with Crippen molar-refractivity contribution in [2.45, 2.75) is 43.9 Å². The van der Waals surface area contributed by atoms with Crippen LogP contribution in [0.25, 0.3) is 0 Å². The molecule has 1 aromatic rings. The molecule has 0 spiro atoms. The van der Waals surface area contributed by atoms with Gasteiger partial charge in [-0.25, -0.2) is 13.1 Å². The predicted molar refractivity (Wildman–Crippen MR) is 76.8 cm³/mol. The molecule has 0 aliphatic carbocycles. The zero-order valence-corrected chi connectivity index (χ0v) is 13.0. The number of likely N-dealkylation sites (tertiary alicyclic amines) is 1. The number of aromatic amines is 1. The summed E-state index contributed by atoms with van der Waals surface area (Å²) in [6.07, 6.45) is 2.40. The fourth-order valence-electron chi connectivity index (χ4n) is 2.28. The van der Waals surface area contributed by atoms with Crippen LogP contribution < -0.4 is 10.0 Å². The minimum atomic E-state index is -3.54. The van der Waals surface area contributed by atoms with Crippen molar-refractivity contribution < 1.29 is 8.42 Å². The molecule has 0 amide bonds. The van der Waals surface area contributed by atoms with Gasteiger partial charge in [-0.15, -0.1) is 0 Å². The quantitative estimate of drug-likeness (QED) is 0.682. The third-order valence-electron chi connectivity index (χ3n) is 3.36. The van der Waals surface area contributed by atoms with Crippen molar-refractivity contribution in [3.63, 3.8) is 0 Å². The van der Waals surface area contributed by atoms with Gasteiger partial charge in [-0.1, -0.05) is 13.8 Å². The molecule has 2 rings (SSSR count). The molecule has 1 aromatic heterocycles. The first kappa shape index (κ1) is 15.4. The molecule has 3 N–H and O–H groups in total. The van der Waals surface area contributed by atoms with E-state index in [4.69, 9.17) is 0 Å². The highest BCUT2D eigenvalue weighted by atomic mass is 32.2. The molecule has 0 radical (unpaired) electrons. The van der Waals surface area contributed by atoms with E-state index in [2.05, 4.69) is 25.1 Å². The molecular formula is C12H23N5O2S. The van der Waals surface area contributed by atoms with Crippen LogP contribution in [0, 0.1) is 0 Å². The summed E-state index contributed by atoms with van der Waals surface area (Å²) in [5.41, 5.74) is 0.664. The van der Waals surface area contributed by atoms with Gasteiger partial charge in [0.05, 0.1) is 6.20 Å². The van der Waals surface area contributed by atoms with Crippen molar-refractivity contribution in [2.75, 3.05) is 20.1 Å². The van der Waals surface area contributed by atoms with E-state index in [0.29, 0.717) is 12.1 Å². The maximum atomic E-state index is 12.4. The Morgan fingerprint density at radius 3 is 2.90 bits per heavy atom. The van der Waals surface area contributed by atoms with Crippen LogP contribution in [0.2, 0.25) is 0 Å². The van der Waals surface area contributed by atoms with Crippen LogP contribution in [0.15, 0.2) is 11.2 Å². The summed E-state index contributed by atoms with van der Waals surface area (Å²) in [5, 5.41) is 9.83. The Labute approximate surface area is 120 Å². The Balaban J connectivity index is 2.07. The highest BCUT2D eigenvalue weighted by Crippen LogP contribution is 2.15. The van der Waals surface area contributed by atoms with Crippen LogP contribution in [-0.2, 0) is 16.6 Å². The molecule has 0 bridgehead atoms. The first-order chi connectivity index (χ1) is 9.38. The lowest BCUT2D eigenvalue weighted by Crippen LogP contribution is -2.37. The minimum Gasteiger partial charge on any atom is -0.310 e. The smallest absolute Gasteiger partial charge is 0.258 e. The number of sulfonamides is 1. The van der Waals surface area contributed by atoms with Gasteiger partial charge in [-0.05, 0) is 20.0 Å². The van der Waals surface area contributed by atoms with Gasteiger partial charge in [0.25, 0.3) is 10.0 Å². The number of H-pyrrole nitrogens is 1. The molecule has 1 fully saturated rings. The van der Waals surface area contributed by atoms with E-state index < -0.39 is 10.0 Å². The van der Waals surface area contributed by atoms with Gasteiger partial charge >= 0.3 is 0 Å². The highest BCUT2D eigenvalue weighted by Gasteiger charge is 2.28. The largest absolute Gasteiger partial charge is 0.310 e. The zero-order chi connectivity index (χ0) is 14.8. The van der Waals surface area contributed by atoms with E-state index in [-0.39, 0.29) is 17.1 Å². The summed E-state index contributed by atoms with van der Waals surface area (Å²) in [7, 11) is -1.55. The summed E-state index contributed by atoms with van der Waals surface area (Å²) in [4.78, 5) is 2.11. The van der Waals surface area contributed by atoms with Gasteiger partial charge in [0, 0.05) is 30.7 Å². The van der Waals surface area contributed by atoms with E-state index >= 15 is 0 Å². The molecule has 1 aliphatic heterocycles. The van der Waals surface area contributed by atoms with Crippen LogP contribution in [0.5, 0.6) is 0 Å². The fraction of sp³-hybridized carbons (Fsp3) is 0.750. The van der Waals surface area contributed by atoms with E-state index in [1.807, 2.05) is 20.9 Å². The normalized spacial score (nSPS) is 20.9. The van der Waals surface area contributed by atoms with Gasteiger partial charge in [-0.2, -0.15) is 5.10 Å². The molecule has 7 nitrogen and oxygen atoms in total. The van der Waals surface area contributed by atoms with Crippen molar-refractivity contribution in [3.05, 3.63) is 11.8 Å². The number of likely N-dealkylation sites (N-methyl/N-ethyl adjacent to an activating group) is 1. The van der Waals surface area contributed by atoms with Crippen LogP contribution in [-0.4, -0.2) is 55.7 Å².